The van der Waals surface area contributed by atoms with E-state index < -0.39 is 5.25 Å². The third kappa shape index (κ3) is 2.78. The molecule has 4 rings (SSSR count). The van der Waals surface area contributed by atoms with Crippen molar-refractivity contribution < 1.29 is 4.79 Å². The van der Waals surface area contributed by atoms with Gasteiger partial charge in [0.05, 0.1) is 27.5 Å². The highest BCUT2D eigenvalue weighted by Gasteiger charge is 2.20. The Labute approximate surface area is 153 Å². The van der Waals surface area contributed by atoms with Crippen LogP contribution in [-0.4, -0.2) is 30.7 Å². The number of benzene rings is 2. The van der Waals surface area contributed by atoms with Crippen molar-refractivity contribution in [2.45, 2.75) is 17.3 Å². The highest BCUT2D eigenvalue weighted by molar-refractivity contribution is 8.00. The maximum Gasteiger partial charge on any atom is 0.237 e. The minimum atomic E-state index is -0.408. The van der Waals surface area contributed by atoms with Gasteiger partial charge in [0.2, 0.25) is 11.7 Å². The number of para-hydroxylation sites is 3. The Kier molecular flexibility index (Phi) is 4.07. The van der Waals surface area contributed by atoms with Gasteiger partial charge in [0, 0.05) is 0 Å². The molecule has 8 heteroatoms. The topological polar surface area (TPSA) is 98.9 Å². The van der Waals surface area contributed by atoms with Crippen LogP contribution in [0.4, 0.5) is 5.69 Å². The molecule has 0 radical (unpaired) electrons. The van der Waals surface area contributed by atoms with E-state index in [0.29, 0.717) is 22.2 Å². The summed E-state index contributed by atoms with van der Waals surface area (Å²) < 4.78 is 1.90. The number of imidazole rings is 1. The van der Waals surface area contributed by atoms with Crippen molar-refractivity contribution in [3.8, 4) is 6.07 Å². The number of H-pyrrole nitrogens is 1. The number of nitrogens with one attached hydrogen (secondary N) is 2. The molecular weight excluding hydrogens is 348 g/mol. The summed E-state index contributed by atoms with van der Waals surface area (Å²) in [6.45, 7) is 1.80. The van der Waals surface area contributed by atoms with Crippen molar-refractivity contribution in [3.05, 3.63) is 54.1 Å². The van der Waals surface area contributed by atoms with E-state index in [4.69, 9.17) is 5.26 Å². The minimum absolute atomic E-state index is 0.196. The summed E-state index contributed by atoms with van der Waals surface area (Å²) in [6.07, 6.45) is 0. The summed E-state index contributed by atoms with van der Waals surface area (Å²) in [5.41, 5.74) is 2.73. The first kappa shape index (κ1) is 16.2. The van der Waals surface area contributed by atoms with E-state index >= 15 is 0 Å². The van der Waals surface area contributed by atoms with E-state index in [1.165, 1.54) is 11.8 Å². The Morgan fingerprint density at radius 1 is 1.27 bits per heavy atom. The van der Waals surface area contributed by atoms with Crippen LogP contribution in [0.5, 0.6) is 0 Å². The Morgan fingerprint density at radius 3 is 2.88 bits per heavy atom. The van der Waals surface area contributed by atoms with Crippen LogP contribution in [-0.2, 0) is 4.79 Å². The van der Waals surface area contributed by atoms with Crippen LogP contribution in [0.15, 0.2) is 53.7 Å². The van der Waals surface area contributed by atoms with Crippen molar-refractivity contribution >= 4 is 40.2 Å². The van der Waals surface area contributed by atoms with E-state index in [2.05, 4.69) is 26.6 Å². The molecule has 0 aliphatic carbocycles. The van der Waals surface area contributed by atoms with Crippen LogP contribution in [0, 0.1) is 11.3 Å². The fraction of sp³-hybridized carbons (Fsp3) is 0.111. The van der Waals surface area contributed by atoms with Crippen molar-refractivity contribution in [1.29, 1.82) is 5.26 Å². The first-order chi connectivity index (χ1) is 12.7. The number of amides is 1. The average Bonchev–Trinajstić information content (AvgIpc) is 3.22. The summed E-state index contributed by atoms with van der Waals surface area (Å²) in [4.78, 5) is 17.0. The van der Waals surface area contributed by atoms with Gasteiger partial charge in [-0.1, -0.05) is 36.0 Å². The largest absolute Gasteiger partial charge is 0.324 e. The summed E-state index contributed by atoms with van der Waals surface area (Å²) in [5.74, 6) is 0.439. The molecule has 4 aromatic rings. The van der Waals surface area contributed by atoms with Gasteiger partial charge in [0.1, 0.15) is 6.07 Å². The maximum absolute atomic E-state index is 12.5. The van der Waals surface area contributed by atoms with Crippen LogP contribution in [0.25, 0.3) is 16.8 Å². The molecule has 0 bridgehead atoms. The van der Waals surface area contributed by atoms with Crippen molar-refractivity contribution in [2.75, 3.05) is 5.32 Å². The SMILES string of the molecule is C[C@H](Sc1n[nH]c2nc3ccccc3n12)C(=O)Nc1ccccc1C#N. The van der Waals surface area contributed by atoms with Gasteiger partial charge < -0.3 is 5.32 Å². The average molecular weight is 362 g/mol. The Morgan fingerprint density at radius 2 is 2.04 bits per heavy atom. The number of nitriles is 1. The van der Waals surface area contributed by atoms with Crippen LogP contribution in [0.1, 0.15) is 12.5 Å². The van der Waals surface area contributed by atoms with Gasteiger partial charge in [0.25, 0.3) is 0 Å². The predicted octanol–water partition coefficient (Wildman–Crippen LogP) is 3.20. The standard InChI is InChI=1S/C18H14N6OS/c1-11(16(25)20-13-7-3-2-6-12(13)10-19)26-18-23-22-17-21-14-8-4-5-9-15(14)24(17)18/h2-9,11H,1H3,(H,20,25)(H,21,22)/t11-/m0/s1. The summed E-state index contributed by atoms with van der Waals surface area (Å²) in [7, 11) is 0. The lowest BCUT2D eigenvalue weighted by atomic mass is 10.2. The molecule has 26 heavy (non-hydrogen) atoms. The number of aromatic amines is 1. The van der Waals surface area contributed by atoms with Crippen molar-refractivity contribution in [3.63, 3.8) is 0 Å². The molecule has 1 amide bonds. The second kappa shape index (κ2) is 6.54. The third-order valence-electron chi connectivity index (χ3n) is 3.96. The lowest BCUT2D eigenvalue weighted by Crippen LogP contribution is -2.23. The van der Waals surface area contributed by atoms with Gasteiger partial charge in [-0.2, -0.15) is 5.26 Å². The summed E-state index contributed by atoms with van der Waals surface area (Å²) in [5, 5.41) is 19.4. The first-order valence-electron chi connectivity index (χ1n) is 7.95. The third-order valence-corrected chi connectivity index (χ3v) is 5.01. The molecule has 2 heterocycles. The second-order valence-corrected chi connectivity index (χ2v) is 6.98. The highest BCUT2D eigenvalue weighted by atomic mass is 32.2. The molecule has 0 aliphatic rings. The molecule has 0 spiro atoms. The molecule has 7 nitrogen and oxygen atoms in total. The number of hydrogen-bond donors (Lipinski definition) is 2. The molecular formula is C18H14N6OS. The number of carbonyl (C=O) groups is 1. The highest BCUT2D eigenvalue weighted by Crippen LogP contribution is 2.27. The maximum atomic E-state index is 12.5. The van der Waals surface area contributed by atoms with Crippen molar-refractivity contribution in [2.24, 2.45) is 0 Å². The summed E-state index contributed by atoms with van der Waals surface area (Å²) in [6, 6.07) is 16.8. The molecule has 0 saturated carbocycles. The number of fused-ring (bicyclic) bond motifs is 3. The number of thioether (sulfide) groups is 1. The fourth-order valence-electron chi connectivity index (χ4n) is 2.66. The van der Waals surface area contributed by atoms with Crippen LogP contribution < -0.4 is 5.32 Å². The van der Waals surface area contributed by atoms with Crippen LogP contribution in [0.3, 0.4) is 0 Å². The molecule has 128 valence electrons. The monoisotopic (exact) mass is 362 g/mol. The number of rotatable bonds is 4. The summed E-state index contributed by atoms with van der Waals surface area (Å²) >= 11 is 1.33. The number of carbonyl (C=O) groups excluding carboxylic acids is 1. The number of aromatic nitrogens is 4. The van der Waals surface area contributed by atoms with Gasteiger partial charge in [-0.25, -0.2) is 10.1 Å². The normalized spacial score (nSPS) is 12.2. The van der Waals surface area contributed by atoms with Gasteiger partial charge in [0.15, 0.2) is 5.16 Å². The van der Waals surface area contributed by atoms with E-state index in [1.807, 2.05) is 28.7 Å². The first-order valence-corrected chi connectivity index (χ1v) is 8.83. The molecule has 0 unspecified atom stereocenters. The van der Waals surface area contributed by atoms with E-state index in [9.17, 15) is 4.79 Å². The lowest BCUT2D eigenvalue weighted by molar-refractivity contribution is -0.115. The second-order valence-electron chi connectivity index (χ2n) is 5.67. The van der Waals surface area contributed by atoms with Crippen LogP contribution >= 0.6 is 11.8 Å². The molecule has 0 saturated heterocycles. The molecule has 2 aromatic heterocycles. The Hall–Kier alpha value is -3.31. The van der Waals surface area contributed by atoms with Gasteiger partial charge in [-0.05, 0) is 31.2 Å². The van der Waals surface area contributed by atoms with Gasteiger partial charge in [-0.3, -0.25) is 9.20 Å². The molecule has 2 aromatic carbocycles. The quantitative estimate of drug-likeness (QED) is 0.543. The molecule has 1 atom stereocenters. The van der Waals surface area contributed by atoms with Gasteiger partial charge >= 0.3 is 0 Å². The predicted molar refractivity (Wildman–Crippen MR) is 99.9 cm³/mol. The molecule has 0 aliphatic heterocycles. The van der Waals surface area contributed by atoms with E-state index in [0.717, 1.165) is 11.0 Å². The zero-order valence-electron chi connectivity index (χ0n) is 13.8. The molecule has 2 N–H and O–H groups in total. The zero-order chi connectivity index (χ0) is 18.1. The van der Waals surface area contributed by atoms with Crippen molar-refractivity contribution in [1.82, 2.24) is 19.6 Å². The zero-order valence-corrected chi connectivity index (χ0v) is 14.6. The fourth-order valence-corrected chi connectivity index (χ4v) is 3.53. The number of anilines is 1. The lowest BCUT2D eigenvalue weighted by Gasteiger charge is -2.11. The molecule has 0 fully saturated rings. The Bertz CT molecular complexity index is 1160. The Balaban J connectivity index is 1.58. The van der Waals surface area contributed by atoms with E-state index in [1.54, 1.807) is 31.2 Å². The minimum Gasteiger partial charge on any atom is -0.324 e. The van der Waals surface area contributed by atoms with E-state index in [-0.39, 0.29) is 5.91 Å². The smallest absolute Gasteiger partial charge is 0.237 e. The number of nitrogens with zero attached hydrogens (tertiary/aromatic N) is 4. The number of hydrogen-bond acceptors (Lipinski definition) is 5. The van der Waals surface area contributed by atoms with Gasteiger partial charge in [-0.15, -0.1) is 5.10 Å². The van der Waals surface area contributed by atoms with Crippen LogP contribution in [0.2, 0.25) is 0 Å².